The van der Waals surface area contributed by atoms with Crippen molar-refractivity contribution >= 4 is 5.91 Å². The first kappa shape index (κ1) is 14.8. The Labute approximate surface area is 130 Å². The third-order valence-corrected chi connectivity index (χ3v) is 4.22. The summed E-state index contributed by atoms with van der Waals surface area (Å²) in [6.07, 6.45) is 5.74. The van der Waals surface area contributed by atoms with E-state index >= 15 is 0 Å². The van der Waals surface area contributed by atoms with E-state index in [1.807, 2.05) is 42.6 Å². The van der Waals surface area contributed by atoms with Gasteiger partial charge in [-0.15, -0.1) is 0 Å². The lowest BCUT2D eigenvalue weighted by atomic mass is 10.0. The maximum Gasteiger partial charge on any atom is 0.259 e. The van der Waals surface area contributed by atoms with Crippen molar-refractivity contribution < 1.29 is 9.32 Å². The number of carbonyl (C=O) groups excluding carboxylic acids is 1. The fourth-order valence-electron chi connectivity index (χ4n) is 3.10. The zero-order valence-corrected chi connectivity index (χ0v) is 13.3. The predicted octanol–water partition coefficient (Wildman–Crippen LogP) is 2.61. The molecule has 22 heavy (non-hydrogen) atoms. The van der Waals surface area contributed by atoms with Crippen molar-refractivity contribution in [2.24, 2.45) is 0 Å². The minimum absolute atomic E-state index is 0.0390. The lowest BCUT2D eigenvalue weighted by Crippen LogP contribution is -2.38. The van der Waals surface area contributed by atoms with Gasteiger partial charge in [-0.1, -0.05) is 19.0 Å². The highest BCUT2D eigenvalue weighted by atomic mass is 16.5. The molecule has 0 radical (unpaired) electrons. The molecule has 0 aliphatic carbocycles. The van der Waals surface area contributed by atoms with Crippen molar-refractivity contribution in [1.29, 1.82) is 0 Å². The molecular formula is C16H22N4O2. The molecule has 118 valence electrons. The Bertz CT molecular complexity index is 645. The maximum absolute atomic E-state index is 13.0. The Morgan fingerprint density at radius 2 is 2.32 bits per heavy atom. The van der Waals surface area contributed by atoms with Crippen LogP contribution in [0.5, 0.6) is 0 Å². The van der Waals surface area contributed by atoms with E-state index in [2.05, 4.69) is 10.3 Å². The van der Waals surface area contributed by atoms with E-state index in [4.69, 9.17) is 4.52 Å². The summed E-state index contributed by atoms with van der Waals surface area (Å²) in [6, 6.07) is 2.09. The molecule has 3 heterocycles. The van der Waals surface area contributed by atoms with Crippen molar-refractivity contribution in [3.8, 4) is 0 Å². The minimum Gasteiger partial charge on any atom is -0.360 e. The van der Waals surface area contributed by atoms with Crippen LogP contribution >= 0.6 is 0 Å². The number of nitrogens with zero attached hydrogens (tertiary/aromatic N) is 4. The van der Waals surface area contributed by atoms with Crippen LogP contribution < -0.4 is 0 Å². The van der Waals surface area contributed by atoms with E-state index in [1.54, 1.807) is 6.20 Å². The largest absolute Gasteiger partial charge is 0.360 e. The Balaban J connectivity index is 1.83. The molecule has 0 bridgehead atoms. The molecule has 3 rings (SSSR count). The number of hydrogen-bond acceptors (Lipinski definition) is 4. The van der Waals surface area contributed by atoms with Gasteiger partial charge in [0.05, 0.1) is 18.3 Å². The van der Waals surface area contributed by atoms with Gasteiger partial charge in [-0.25, -0.2) is 0 Å². The molecule has 0 aromatic carbocycles. The highest BCUT2D eigenvalue weighted by Crippen LogP contribution is 2.27. The molecule has 1 atom stereocenters. The normalized spacial score (nSPS) is 18.4. The summed E-state index contributed by atoms with van der Waals surface area (Å²) >= 11 is 0. The Morgan fingerprint density at radius 3 is 3.00 bits per heavy atom. The second-order valence-electron chi connectivity index (χ2n) is 6.18. The summed E-state index contributed by atoms with van der Waals surface area (Å²) in [7, 11) is 0. The third kappa shape index (κ3) is 2.65. The molecule has 6 nitrogen and oxygen atoms in total. The number of carbonyl (C=O) groups is 1. The van der Waals surface area contributed by atoms with Gasteiger partial charge < -0.3 is 9.42 Å². The number of aromatic nitrogens is 3. The van der Waals surface area contributed by atoms with Crippen molar-refractivity contribution in [2.45, 2.75) is 52.1 Å². The smallest absolute Gasteiger partial charge is 0.259 e. The quantitative estimate of drug-likeness (QED) is 0.871. The molecule has 2 aromatic heterocycles. The lowest BCUT2D eigenvalue weighted by Gasteiger charge is -2.25. The molecule has 2 aromatic rings. The molecule has 0 spiro atoms. The molecular weight excluding hydrogens is 280 g/mol. The molecule has 0 unspecified atom stereocenters. The van der Waals surface area contributed by atoms with E-state index in [9.17, 15) is 4.79 Å². The predicted molar refractivity (Wildman–Crippen MR) is 81.6 cm³/mol. The molecule has 1 amide bonds. The summed E-state index contributed by atoms with van der Waals surface area (Å²) in [6.45, 7) is 7.39. The van der Waals surface area contributed by atoms with Crippen molar-refractivity contribution in [3.63, 3.8) is 0 Å². The van der Waals surface area contributed by atoms with Crippen LogP contribution in [0, 0.1) is 6.92 Å². The summed E-state index contributed by atoms with van der Waals surface area (Å²) < 4.78 is 7.25. The molecule has 0 saturated carbocycles. The van der Waals surface area contributed by atoms with Gasteiger partial charge in [-0.3, -0.25) is 9.48 Å². The van der Waals surface area contributed by atoms with Crippen molar-refractivity contribution in [2.75, 3.05) is 6.54 Å². The molecule has 0 N–H and O–H groups in total. The van der Waals surface area contributed by atoms with Gasteiger partial charge in [0, 0.05) is 24.9 Å². The first-order valence-corrected chi connectivity index (χ1v) is 7.82. The van der Waals surface area contributed by atoms with Gasteiger partial charge in [-0.2, -0.15) is 5.10 Å². The van der Waals surface area contributed by atoms with Gasteiger partial charge in [0.15, 0.2) is 5.76 Å². The highest BCUT2D eigenvalue weighted by Gasteiger charge is 2.34. The van der Waals surface area contributed by atoms with Crippen LogP contribution in [-0.2, 0) is 6.54 Å². The average Bonchev–Trinajstić information content (AvgIpc) is 3.19. The summed E-state index contributed by atoms with van der Waals surface area (Å²) in [4.78, 5) is 14.9. The fraction of sp³-hybridized carbons (Fsp3) is 0.562. The number of amides is 1. The lowest BCUT2D eigenvalue weighted by molar-refractivity contribution is 0.0718. The zero-order chi connectivity index (χ0) is 15.7. The van der Waals surface area contributed by atoms with Crippen LogP contribution in [0.3, 0.4) is 0 Å². The van der Waals surface area contributed by atoms with Crippen LogP contribution in [0.25, 0.3) is 0 Å². The summed E-state index contributed by atoms with van der Waals surface area (Å²) in [5.41, 5.74) is 1.32. The van der Waals surface area contributed by atoms with E-state index < -0.39 is 0 Å². The van der Waals surface area contributed by atoms with Gasteiger partial charge in [0.1, 0.15) is 5.56 Å². The van der Waals surface area contributed by atoms with E-state index in [1.165, 1.54) is 0 Å². The van der Waals surface area contributed by atoms with Crippen molar-refractivity contribution in [3.05, 3.63) is 35.5 Å². The van der Waals surface area contributed by atoms with Crippen LogP contribution in [-0.4, -0.2) is 38.3 Å². The second kappa shape index (κ2) is 5.94. The number of likely N-dealkylation sites (tertiary alicyclic amines) is 1. The second-order valence-corrected chi connectivity index (χ2v) is 6.18. The average molecular weight is 302 g/mol. The minimum atomic E-state index is 0.0390. The molecule has 6 heteroatoms. The van der Waals surface area contributed by atoms with Gasteiger partial charge in [-0.05, 0) is 25.8 Å². The van der Waals surface area contributed by atoms with Crippen LogP contribution in [0.15, 0.2) is 23.0 Å². The van der Waals surface area contributed by atoms with Crippen molar-refractivity contribution in [1.82, 2.24) is 19.8 Å². The topological polar surface area (TPSA) is 64.2 Å². The van der Waals surface area contributed by atoms with Gasteiger partial charge >= 0.3 is 0 Å². The molecule has 1 saturated heterocycles. The van der Waals surface area contributed by atoms with Crippen LogP contribution in [0.2, 0.25) is 0 Å². The number of aryl methyl sites for hydroxylation is 1. The Morgan fingerprint density at radius 1 is 1.50 bits per heavy atom. The third-order valence-electron chi connectivity index (χ3n) is 4.22. The van der Waals surface area contributed by atoms with Crippen LogP contribution in [0.1, 0.15) is 54.4 Å². The zero-order valence-electron chi connectivity index (χ0n) is 13.3. The maximum atomic E-state index is 13.0. The first-order valence-electron chi connectivity index (χ1n) is 7.82. The SMILES string of the molecule is Cc1noc(C(C)C)c1C(=O)N1CCC[C@H]1Cn1cccn1. The molecule has 1 aliphatic heterocycles. The fourth-order valence-corrected chi connectivity index (χ4v) is 3.10. The molecule has 1 aliphatic rings. The van der Waals surface area contributed by atoms with Gasteiger partial charge in [0.25, 0.3) is 5.91 Å². The van der Waals surface area contributed by atoms with E-state index in [0.717, 1.165) is 25.9 Å². The van der Waals surface area contributed by atoms with Gasteiger partial charge in [0.2, 0.25) is 0 Å². The highest BCUT2D eigenvalue weighted by molar-refractivity contribution is 5.96. The Kier molecular flexibility index (Phi) is 4.00. The number of rotatable bonds is 4. The van der Waals surface area contributed by atoms with E-state index in [0.29, 0.717) is 17.0 Å². The summed E-state index contributed by atoms with van der Waals surface area (Å²) in [5, 5.41) is 8.24. The first-order chi connectivity index (χ1) is 10.6. The standard InChI is InChI=1S/C16H22N4O2/c1-11(2)15-14(12(3)18-22-15)16(21)20-9-4-6-13(20)10-19-8-5-7-17-19/h5,7-8,11,13H,4,6,9-10H2,1-3H3/t13-/m0/s1. The summed E-state index contributed by atoms with van der Waals surface area (Å²) in [5.74, 6) is 0.872. The van der Waals surface area contributed by atoms with Crippen LogP contribution in [0.4, 0.5) is 0 Å². The molecule has 1 fully saturated rings. The monoisotopic (exact) mass is 302 g/mol. The number of hydrogen-bond donors (Lipinski definition) is 0. The Hall–Kier alpha value is -2.11. The van der Waals surface area contributed by atoms with E-state index in [-0.39, 0.29) is 17.9 Å².